The first-order valence-corrected chi connectivity index (χ1v) is 13.0. The van der Waals surface area contributed by atoms with E-state index in [-0.39, 0.29) is 27.7 Å². The van der Waals surface area contributed by atoms with Gasteiger partial charge in [-0.3, -0.25) is 9.59 Å². The molecular weight excluding hydrogens is 476 g/mol. The van der Waals surface area contributed by atoms with Crippen LogP contribution >= 0.6 is 11.8 Å². The van der Waals surface area contributed by atoms with Crippen LogP contribution in [0.25, 0.3) is 11.5 Å². The molecule has 0 aliphatic carbocycles. The molecule has 1 atom stereocenters. The Balaban J connectivity index is 1.71. The van der Waals surface area contributed by atoms with Gasteiger partial charge in [-0.2, -0.15) is 4.31 Å². The zero-order chi connectivity index (χ0) is 24.9. The fraction of sp³-hybridized carbons (Fsp3) is 0.304. The van der Waals surface area contributed by atoms with E-state index < -0.39 is 15.3 Å². The predicted octanol–water partition coefficient (Wildman–Crippen LogP) is 4.09. The summed E-state index contributed by atoms with van der Waals surface area (Å²) in [7, 11) is -3.63. The molecule has 0 aliphatic heterocycles. The highest BCUT2D eigenvalue weighted by atomic mass is 32.2. The molecule has 0 spiro atoms. The van der Waals surface area contributed by atoms with Crippen molar-refractivity contribution in [2.45, 2.75) is 43.1 Å². The standard InChI is InChI=1S/C23H26N4O5S2/c1-5-27(6-2)34(30,31)20-12-8-10-18(14-20)22-25-26-23(32-22)33-16(4)21(29)24-19-11-7-9-17(13-19)15(3)28/h7-14,16H,5-6H2,1-4H3,(H,24,29)/t16-/m0/s1. The topological polar surface area (TPSA) is 122 Å². The van der Waals surface area contributed by atoms with E-state index in [2.05, 4.69) is 15.5 Å². The number of nitrogens with one attached hydrogen (secondary N) is 1. The van der Waals surface area contributed by atoms with Crippen molar-refractivity contribution in [1.29, 1.82) is 0 Å². The Morgan fingerprint density at radius 1 is 1.09 bits per heavy atom. The lowest BCUT2D eigenvalue weighted by Crippen LogP contribution is -2.30. The molecule has 0 radical (unpaired) electrons. The number of Topliss-reactive ketones (excluding diaryl/α,β-unsaturated/α-hetero) is 1. The number of rotatable bonds is 10. The molecule has 1 amide bonds. The van der Waals surface area contributed by atoms with Crippen molar-refractivity contribution >= 4 is 39.2 Å². The zero-order valence-electron chi connectivity index (χ0n) is 19.3. The lowest BCUT2D eigenvalue weighted by atomic mass is 10.1. The Hall–Kier alpha value is -3.02. The summed E-state index contributed by atoms with van der Waals surface area (Å²) in [5.41, 5.74) is 1.48. The molecule has 0 saturated heterocycles. The molecular formula is C23H26N4O5S2. The van der Waals surface area contributed by atoms with E-state index >= 15 is 0 Å². The maximum absolute atomic E-state index is 12.8. The van der Waals surface area contributed by atoms with Crippen LogP contribution in [0.1, 0.15) is 38.1 Å². The summed E-state index contributed by atoms with van der Waals surface area (Å²) < 4.78 is 32.7. The number of benzene rings is 2. The van der Waals surface area contributed by atoms with Crippen molar-refractivity contribution in [3.8, 4) is 11.5 Å². The Morgan fingerprint density at radius 3 is 2.47 bits per heavy atom. The van der Waals surface area contributed by atoms with Gasteiger partial charge in [-0.15, -0.1) is 10.2 Å². The Labute approximate surface area is 203 Å². The van der Waals surface area contributed by atoms with Crippen LogP contribution in [0.15, 0.2) is 63.1 Å². The molecule has 0 bridgehead atoms. The second-order valence-corrected chi connectivity index (χ2v) is 10.6. The normalized spacial score (nSPS) is 12.5. The maximum Gasteiger partial charge on any atom is 0.277 e. The van der Waals surface area contributed by atoms with E-state index in [0.29, 0.717) is 29.9 Å². The quantitative estimate of drug-likeness (QED) is 0.325. The summed E-state index contributed by atoms with van der Waals surface area (Å²) in [6.45, 7) is 7.44. The van der Waals surface area contributed by atoms with Gasteiger partial charge in [0, 0.05) is 29.9 Å². The number of hydrogen-bond acceptors (Lipinski definition) is 8. The second kappa shape index (κ2) is 10.9. The fourth-order valence-electron chi connectivity index (χ4n) is 3.14. The summed E-state index contributed by atoms with van der Waals surface area (Å²) in [6, 6.07) is 13.0. The van der Waals surface area contributed by atoms with E-state index in [1.807, 2.05) is 0 Å². The van der Waals surface area contributed by atoms with E-state index in [1.54, 1.807) is 57.2 Å². The molecule has 1 heterocycles. The Morgan fingerprint density at radius 2 is 1.79 bits per heavy atom. The van der Waals surface area contributed by atoms with Gasteiger partial charge in [0.15, 0.2) is 5.78 Å². The third kappa shape index (κ3) is 5.91. The minimum absolute atomic E-state index is 0.0918. The molecule has 9 nitrogen and oxygen atoms in total. The van der Waals surface area contributed by atoms with Crippen molar-refractivity contribution < 1.29 is 22.4 Å². The molecule has 11 heteroatoms. The van der Waals surface area contributed by atoms with Crippen molar-refractivity contribution in [3.05, 3.63) is 54.1 Å². The molecule has 0 aliphatic rings. The van der Waals surface area contributed by atoms with Crippen LogP contribution in [-0.2, 0) is 14.8 Å². The number of sulfonamides is 1. The number of aromatic nitrogens is 2. The molecule has 34 heavy (non-hydrogen) atoms. The van der Waals surface area contributed by atoms with Gasteiger partial charge in [0.1, 0.15) is 0 Å². The van der Waals surface area contributed by atoms with Crippen molar-refractivity contribution in [2.24, 2.45) is 0 Å². The first-order chi connectivity index (χ1) is 16.1. The van der Waals surface area contributed by atoms with Gasteiger partial charge in [-0.25, -0.2) is 8.42 Å². The highest BCUT2D eigenvalue weighted by Crippen LogP contribution is 2.28. The van der Waals surface area contributed by atoms with Crippen LogP contribution in [0.3, 0.4) is 0 Å². The summed E-state index contributed by atoms with van der Waals surface area (Å²) in [5, 5.41) is 10.4. The molecule has 3 rings (SSSR count). The van der Waals surface area contributed by atoms with Gasteiger partial charge < -0.3 is 9.73 Å². The highest BCUT2D eigenvalue weighted by molar-refractivity contribution is 8.00. The van der Waals surface area contributed by atoms with Crippen LogP contribution in [0.4, 0.5) is 5.69 Å². The second-order valence-electron chi connectivity index (χ2n) is 7.38. The number of carbonyl (C=O) groups is 2. The first kappa shape index (κ1) is 25.6. The van der Waals surface area contributed by atoms with Gasteiger partial charge in [0.2, 0.25) is 21.8 Å². The number of carbonyl (C=O) groups excluding carboxylic acids is 2. The predicted molar refractivity (Wildman–Crippen MR) is 130 cm³/mol. The summed E-state index contributed by atoms with van der Waals surface area (Å²) in [6.07, 6.45) is 0. The largest absolute Gasteiger partial charge is 0.411 e. The van der Waals surface area contributed by atoms with Crippen molar-refractivity contribution in [1.82, 2.24) is 14.5 Å². The van der Waals surface area contributed by atoms with E-state index in [4.69, 9.17) is 4.42 Å². The number of ketones is 1. The number of thioether (sulfide) groups is 1. The fourth-order valence-corrected chi connectivity index (χ4v) is 5.33. The number of anilines is 1. The van der Waals surface area contributed by atoms with Gasteiger partial charge in [-0.05, 0) is 44.2 Å². The van der Waals surface area contributed by atoms with Gasteiger partial charge >= 0.3 is 0 Å². The van der Waals surface area contributed by atoms with Crippen LogP contribution in [0.5, 0.6) is 0 Å². The molecule has 1 aromatic heterocycles. The van der Waals surface area contributed by atoms with Gasteiger partial charge in [0.25, 0.3) is 5.22 Å². The number of nitrogens with zero attached hydrogens (tertiary/aromatic N) is 3. The number of amides is 1. The third-order valence-electron chi connectivity index (χ3n) is 5.01. The van der Waals surface area contributed by atoms with Crippen LogP contribution < -0.4 is 5.32 Å². The molecule has 0 unspecified atom stereocenters. The molecule has 3 aromatic rings. The first-order valence-electron chi connectivity index (χ1n) is 10.7. The zero-order valence-corrected chi connectivity index (χ0v) is 20.9. The smallest absolute Gasteiger partial charge is 0.277 e. The maximum atomic E-state index is 12.8. The summed E-state index contributed by atoms with van der Waals surface area (Å²) in [4.78, 5) is 24.3. The molecule has 0 fully saturated rings. The van der Waals surface area contributed by atoms with Crippen molar-refractivity contribution in [2.75, 3.05) is 18.4 Å². The molecule has 0 saturated carbocycles. The SMILES string of the molecule is CCN(CC)S(=O)(=O)c1cccc(-c2nnc(S[C@@H](C)C(=O)Nc3cccc(C(C)=O)c3)o2)c1. The van der Waals surface area contributed by atoms with Gasteiger partial charge in [-0.1, -0.05) is 43.8 Å². The van der Waals surface area contributed by atoms with Crippen LogP contribution in [0, 0.1) is 0 Å². The molecule has 180 valence electrons. The van der Waals surface area contributed by atoms with E-state index in [0.717, 1.165) is 11.8 Å². The molecule has 2 aromatic carbocycles. The minimum atomic E-state index is -3.63. The van der Waals surface area contributed by atoms with Crippen LogP contribution in [0.2, 0.25) is 0 Å². The monoisotopic (exact) mass is 502 g/mol. The minimum Gasteiger partial charge on any atom is -0.411 e. The van der Waals surface area contributed by atoms with Gasteiger partial charge in [0.05, 0.1) is 10.1 Å². The summed E-state index contributed by atoms with van der Waals surface area (Å²) in [5.74, 6) is -0.232. The summed E-state index contributed by atoms with van der Waals surface area (Å²) >= 11 is 1.07. The van der Waals surface area contributed by atoms with E-state index in [9.17, 15) is 18.0 Å². The Kier molecular flexibility index (Phi) is 8.24. The van der Waals surface area contributed by atoms with E-state index in [1.165, 1.54) is 23.4 Å². The highest BCUT2D eigenvalue weighted by Gasteiger charge is 2.23. The Bertz CT molecular complexity index is 1290. The third-order valence-corrected chi connectivity index (χ3v) is 7.99. The van der Waals surface area contributed by atoms with Crippen molar-refractivity contribution in [3.63, 3.8) is 0 Å². The van der Waals surface area contributed by atoms with Crippen LogP contribution in [-0.4, -0.2) is 53.0 Å². The number of hydrogen-bond donors (Lipinski definition) is 1. The lowest BCUT2D eigenvalue weighted by Gasteiger charge is -2.18. The molecule has 1 N–H and O–H groups in total. The lowest BCUT2D eigenvalue weighted by molar-refractivity contribution is -0.115. The average molecular weight is 503 g/mol. The average Bonchev–Trinajstić information content (AvgIpc) is 3.28.